The summed E-state index contributed by atoms with van der Waals surface area (Å²) < 4.78 is 28.6. The molecule has 0 aliphatic heterocycles. The van der Waals surface area contributed by atoms with Crippen molar-refractivity contribution in [2.75, 3.05) is 19.3 Å². The zero-order valence-electron chi connectivity index (χ0n) is 12.0. The Balaban J connectivity index is 2.20. The fourth-order valence-electron chi connectivity index (χ4n) is 2.14. The third kappa shape index (κ3) is 2.90. The lowest BCUT2D eigenvalue weighted by molar-refractivity contribution is 0.266. The summed E-state index contributed by atoms with van der Waals surface area (Å²) >= 11 is 0. The van der Waals surface area contributed by atoms with Gasteiger partial charge in [0.15, 0.2) is 5.82 Å². The van der Waals surface area contributed by atoms with Gasteiger partial charge in [0.25, 0.3) is 0 Å². The number of nitrogen functional groups attached to an aromatic ring is 1. The third-order valence-corrected chi connectivity index (χ3v) is 3.58. The highest BCUT2D eigenvalue weighted by molar-refractivity contribution is 5.79. The first kappa shape index (κ1) is 14.7. The van der Waals surface area contributed by atoms with Crippen LogP contribution >= 0.6 is 0 Å². The highest BCUT2D eigenvalue weighted by atomic mass is 19.1. The van der Waals surface area contributed by atoms with Crippen LogP contribution in [-0.4, -0.2) is 34.1 Å². The van der Waals surface area contributed by atoms with Gasteiger partial charge in [-0.1, -0.05) is 0 Å². The van der Waals surface area contributed by atoms with Crippen molar-refractivity contribution in [2.45, 2.75) is 32.9 Å². The normalized spacial score (nSPS) is 11.9. The van der Waals surface area contributed by atoms with Crippen molar-refractivity contribution in [3.8, 4) is 0 Å². The first-order chi connectivity index (χ1) is 9.40. The topological polar surface area (TPSA) is 47.1 Å². The number of nitrogens with zero attached hydrogens (tertiary/aromatic N) is 3. The molecule has 0 aliphatic rings. The Labute approximate surface area is 117 Å². The number of hydrogen-bond acceptors (Lipinski definition) is 3. The molecule has 0 spiro atoms. The van der Waals surface area contributed by atoms with Crippen molar-refractivity contribution in [3.05, 3.63) is 23.8 Å². The lowest BCUT2D eigenvalue weighted by atomic mass is 10.2. The minimum absolute atomic E-state index is 0.126. The quantitative estimate of drug-likeness (QED) is 0.917. The van der Waals surface area contributed by atoms with E-state index in [-0.39, 0.29) is 11.5 Å². The van der Waals surface area contributed by atoms with Gasteiger partial charge >= 0.3 is 0 Å². The number of nitrogens with two attached hydrogens (primary N) is 1. The summed E-state index contributed by atoms with van der Waals surface area (Å²) in [5, 5.41) is 0. The van der Waals surface area contributed by atoms with Gasteiger partial charge in [-0.05, 0) is 33.9 Å². The molecule has 0 atom stereocenters. The van der Waals surface area contributed by atoms with Crippen LogP contribution in [0.25, 0.3) is 11.0 Å². The molecule has 2 rings (SSSR count). The van der Waals surface area contributed by atoms with Gasteiger partial charge in [0, 0.05) is 24.7 Å². The molecule has 0 unspecified atom stereocenters. The number of imidazole rings is 1. The van der Waals surface area contributed by atoms with Gasteiger partial charge < -0.3 is 15.2 Å². The summed E-state index contributed by atoms with van der Waals surface area (Å²) in [7, 11) is 2.04. The summed E-state index contributed by atoms with van der Waals surface area (Å²) in [6.45, 7) is 5.70. The van der Waals surface area contributed by atoms with Crippen molar-refractivity contribution < 1.29 is 8.78 Å². The first-order valence-corrected chi connectivity index (χ1v) is 6.71. The Morgan fingerprint density at radius 1 is 1.35 bits per heavy atom. The fourth-order valence-corrected chi connectivity index (χ4v) is 2.14. The van der Waals surface area contributed by atoms with Crippen LogP contribution < -0.4 is 5.73 Å². The molecule has 0 saturated heterocycles. The molecule has 4 nitrogen and oxygen atoms in total. The number of halogens is 2. The van der Waals surface area contributed by atoms with E-state index in [4.69, 9.17) is 5.73 Å². The second-order valence-electron chi connectivity index (χ2n) is 5.30. The molecular formula is C14H20F2N4. The van der Waals surface area contributed by atoms with E-state index in [2.05, 4.69) is 23.7 Å². The van der Waals surface area contributed by atoms with E-state index in [1.807, 2.05) is 7.05 Å². The van der Waals surface area contributed by atoms with Crippen molar-refractivity contribution in [1.82, 2.24) is 14.5 Å². The summed E-state index contributed by atoms with van der Waals surface area (Å²) in [6, 6.07) is 2.56. The highest BCUT2D eigenvalue weighted by Crippen LogP contribution is 2.22. The number of hydrogen-bond donors (Lipinski definition) is 1. The van der Waals surface area contributed by atoms with E-state index in [0.717, 1.165) is 19.0 Å². The van der Waals surface area contributed by atoms with E-state index in [1.54, 1.807) is 4.57 Å². The Morgan fingerprint density at radius 3 is 2.70 bits per heavy atom. The van der Waals surface area contributed by atoms with Crippen LogP contribution in [0.2, 0.25) is 0 Å². The van der Waals surface area contributed by atoms with Crippen molar-refractivity contribution in [3.63, 3.8) is 0 Å². The van der Waals surface area contributed by atoms with Crippen LogP contribution in [0.1, 0.15) is 20.3 Å². The maximum absolute atomic E-state index is 13.6. The van der Waals surface area contributed by atoms with Crippen molar-refractivity contribution >= 4 is 17.0 Å². The molecule has 110 valence electrons. The van der Waals surface area contributed by atoms with Crippen LogP contribution in [0, 0.1) is 11.6 Å². The second-order valence-corrected chi connectivity index (χ2v) is 5.30. The standard InChI is InChI=1S/C14H20F2N4/c1-9(2)19(3)5-4-6-20-12-8-10(15)7-11(16)13(12)18-14(20)17/h7-9H,4-6H2,1-3H3,(H2,17,18). The Morgan fingerprint density at radius 2 is 2.05 bits per heavy atom. The molecule has 0 bridgehead atoms. The molecule has 0 aliphatic carbocycles. The molecule has 2 N–H and O–H groups in total. The second kappa shape index (κ2) is 5.75. The largest absolute Gasteiger partial charge is 0.369 e. The zero-order valence-corrected chi connectivity index (χ0v) is 12.0. The van der Waals surface area contributed by atoms with E-state index in [1.165, 1.54) is 6.07 Å². The molecule has 2 aromatic rings. The molecule has 0 radical (unpaired) electrons. The van der Waals surface area contributed by atoms with E-state index >= 15 is 0 Å². The molecule has 6 heteroatoms. The first-order valence-electron chi connectivity index (χ1n) is 6.71. The smallest absolute Gasteiger partial charge is 0.201 e. The number of rotatable bonds is 5. The highest BCUT2D eigenvalue weighted by Gasteiger charge is 2.14. The molecule has 0 amide bonds. The Kier molecular flexibility index (Phi) is 4.23. The van der Waals surface area contributed by atoms with Crippen molar-refractivity contribution in [2.24, 2.45) is 0 Å². The van der Waals surface area contributed by atoms with Gasteiger partial charge in [-0.25, -0.2) is 13.8 Å². The summed E-state index contributed by atoms with van der Waals surface area (Å²) in [4.78, 5) is 6.18. The summed E-state index contributed by atoms with van der Waals surface area (Å²) in [6.07, 6.45) is 0.836. The van der Waals surface area contributed by atoms with Gasteiger partial charge in [0.2, 0.25) is 5.95 Å². The Hall–Kier alpha value is -1.69. The molecule has 1 aromatic carbocycles. The average molecular weight is 282 g/mol. The van der Waals surface area contributed by atoms with Crippen LogP contribution in [0.3, 0.4) is 0 Å². The van der Waals surface area contributed by atoms with Gasteiger partial charge in [-0.15, -0.1) is 0 Å². The van der Waals surface area contributed by atoms with E-state index in [0.29, 0.717) is 18.1 Å². The number of aromatic nitrogens is 2. The minimum Gasteiger partial charge on any atom is -0.369 e. The lowest BCUT2D eigenvalue weighted by Crippen LogP contribution is -2.28. The van der Waals surface area contributed by atoms with Gasteiger partial charge in [0.1, 0.15) is 11.3 Å². The molecule has 20 heavy (non-hydrogen) atoms. The maximum atomic E-state index is 13.6. The molecule has 1 heterocycles. The molecule has 0 saturated carbocycles. The minimum atomic E-state index is -0.676. The third-order valence-electron chi connectivity index (χ3n) is 3.58. The van der Waals surface area contributed by atoms with E-state index in [9.17, 15) is 8.78 Å². The predicted molar refractivity (Wildman–Crippen MR) is 76.4 cm³/mol. The van der Waals surface area contributed by atoms with Crippen LogP contribution in [0.4, 0.5) is 14.7 Å². The lowest BCUT2D eigenvalue weighted by Gasteiger charge is -2.21. The van der Waals surface area contributed by atoms with Gasteiger partial charge in [-0.2, -0.15) is 0 Å². The van der Waals surface area contributed by atoms with Crippen molar-refractivity contribution in [1.29, 1.82) is 0 Å². The number of fused-ring (bicyclic) bond motifs is 1. The van der Waals surface area contributed by atoms with Crippen LogP contribution in [-0.2, 0) is 6.54 Å². The SMILES string of the molecule is CC(C)N(C)CCCn1c(N)nc2c(F)cc(F)cc21. The maximum Gasteiger partial charge on any atom is 0.201 e. The van der Waals surface area contributed by atoms with Gasteiger partial charge in [-0.3, -0.25) is 0 Å². The molecule has 1 aromatic heterocycles. The number of benzene rings is 1. The van der Waals surface area contributed by atoms with E-state index < -0.39 is 11.6 Å². The van der Waals surface area contributed by atoms with Gasteiger partial charge in [0.05, 0.1) is 5.52 Å². The molecular weight excluding hydrogens is 262 g/mol. The van der Waals surface area contributed by atoms with Crippen LogP contribution in [0.15, 0.2) is 12.1 Å². The fraction of sp³-hybridized carbons (Fsp3) is 0.500. The van der Waals surface area contributed by atoms with Crippen LogP contribution in [0.5, 0.6) is 0 Å². The monoisotopic (exact) mass is 282 g/mol. The summed E-state index contributed by atoms with van der Waals surface area (Å²) in [5.41, 5.74) is 6.33. The Bertz CT molecular complexity index is 607. The number of aryl methyl sites for hydroxylation is 1. The summed E-state index contributed by atoms with van der Waals surface area (Å²) in [5.74, 6) is -1.07. The molecule has 0 fully saturated rings. The average Bonchev–Trinajstić information content (AvgIpc) is 2.66. The predicted octanol–water partition coefficient (Wildman–Crippen LogP) is 2.63. The number of anilines is 1. The zero-order chi connectivity index (χ0) is 14.9.